The minimum Gasteiger partial charge on any atom is -0.270 e. The molecule has 0 radical (unpaired) electrons. The molecule has 1 heterocycles. The summed E-state index contributed by atoms with van der Waals surface area (Å²) in [6.07, 6.45) is 1.23. The third-order valence-electron chi connectivity index (χ3n) is 1.14. The molecule has 1 rings (SSSR count). The van der Waals surface area contributed by atoms with Crippen LogP contribution in [0.15, 0.2) is 4.99 Å². The van der Waals surface area contributed by atoms with Gasteiger partial charge in [-0.3, -0.25) is 4.99 Å². The zero-order valence-electron chi connectivity index (χ0n) is 4.72. The summed E-state index contributed by atoms with van der Waals surface area (Å²) in [4.78, 5) is 4.18. The summed E-state index contributed by atoms with van der Waals surface area (Å²) in [6, 6.07) is 0. The first-order chi connectivity index (χ1) is 3.83. The molecule has 0 saturated carbocycles. The molecule has 1 aliphatic rings. The van der Waals surface area contributed by atoms with Gasteiger partial charge in [0.05, 0.1) is 6.54 Å². The SMILES string of the molecule is CCC1CN=C(Br)S1. The van der Waals surface area contributed by atoms with Gasteiger partial charge < -0.3 is 0 Å². The van der Waals surface area contributed by atoms with Crippen LogP contribution >= 0.6 is 27.7 Å². The van der Waals surface area contributed by atoms with Crippen LogP contribution in [0, 0.1) is 0 Å². The zero-order chi connectivity index (χ0) is 5.98. The van der Waals surface area contributed by atoms with Crippen LogP contribution in [0.2, 0.25) is 0 Å². The highest BCUT2D eigenvalue weighted by Gasteiger charge is 2.14. The van der Waals surface area contributed by atoms with Crippen molar-refractivity contribution < 1.29 is 0 Å². The average Bonchev–Trinajstić information content (AvgIpc) is 2.14. The molecule has 0 aromatic carbocycles. The van der Waals surface area contributed by atoms with Gasteiger partial charge in [-0.25, -0.2) is 0 Å². The Morgan fingerprint density at radius 3 is 3.00 bits per heavy atom. The maximum absolute atomic E-state index is 4.18. The van der Waals surface area contributed by atoms with E-state index in [0.29, 0.717) is 0 Å². The van der Waals surface area contributed by atoms with Crippen LogP contribution in [0.1, 0.15) is 13.3 Å². The summed E-state index contributed by atoms with van der Waals surface area (Å²) in [5.74, 6) is 0. The fraction of sp³-hybridized carbons (Fsp3) is 0.800. The third-order valence-corrected chi connectivity index (χ3v) is 3.09. The smallest absolute Gasteiger partial charge is 0.134 e. The Labute approximate surface area is 62.1 Å². The molecule has 0 bridgehead atoms. The van der Waals surface area contributed by atoms with Gasteiger partial charge in [0.15, 0.2) is 0 Å². The molecule has 3 heteroatoms. The van der Waals surface area contributed by atoms with Gasteiger partial charge in [-0.2, -0.15) is 0 Å². The summed E-state index contributed by atoms with van der Waals surface area (Å²) >= 11 is 5.16. The second kappa shape index (κ2) is 2.87. The van der Waals surface area contributed by atoms with Gasteiger partial charge in [0, 0.05) is 5.25 Å². The predicted molar refractivity (Wildman–Crippen MR) is 42.9 cm³/mol. The number of halogens is 1. The van der Waals surface area contributed by atoms with E-state index < -0.39 is 0 Å². The van der Waals surface area contributed by atoms with Crippen LogP contribution in [-0.4, -0.2) is 15.7 Å². The monoisotopic (exact) mass is 193 g/mol. The molecule has 0 spiro atoms. The van der Waals surface area contributed by atoms with Crippen LogP contribution in [0.25, 0.3) is 0 Å². The van der Waals surface area contributed by atoms with Crippen LogP contribution in [0.4, 0.5) is 0 Å². The maximum Gasteiger partial charge on any atom is 0.134 e. The predicted octanol–water partition coefficient (Wildman–Crippen LogP) is 2.26. The van der Waals surface area contributed by atoms with Crippen molar-refractivity contribution >= 4 is 31.6 Å². The summed E-state index contributed by atoms with van der Waals surface area (Å²) in [6.45, 7) is 3.19. The Balaban J connectivity index is 2.32. The summed E-state index contributed by atoms with van der Waals surface area (Å²) < 4.78 is 1.07. The standard InChI is InChI=1S/C5H8BrNS/c1-2-4-3-7-5(6)8-4/h4H,2-3H2,1H3. The van der Waals surface area contributed by atoms with E-state index in [9.17, 15) is 0 Å². The number of thioether (sulfide) groups is 1. The van der Waals surface area contributed by atoms with Crippen molar-refractivity contribution in [2.24, 2.45) is 4.99 Å². The van der Waals surface area contributed by atoms with Crippen molar-refractivity contribution in [2.45, 2.75) is 18.6 Å². The second-order valence-electron chi connectivity index (χ2n) is 1.74. The number of rotatable bonds is 1. The molecule has 1 nitrogen and oxygen atoms in total. The fourth-order valence-corrected chi connectivity index (χ4v) is 2.28. The van der Waals surface area contributed by atoms with Crippen LogP contribution in [-0.2, 0) is 0 Å². The molecule has 1 atom stereocenters. The Bertz CT molecular complexity index is 113. The highest BCUT2D eigenvalue weighted by atomic mass is 79.9. The van der Waals surface area contributed by atoms with E-state index in [0.717, 1.165) is 15.7 Å². The first-order valence-corrected chi connectivity index (χ1v) is 4.36. The average molecular weight is 194 g/mol. The Kier molecular flexibility index (Phi) is 2.38. The van der Waals surface area contributed by atoms with Crippen LogP contribution in [0.3, 0.4) is 0 Å². The number of hydrogen-bond donors (Lipinski definition) is 0. The number of aliphatic imine (C=N–C) groups is 1. The molecule has 1 unspecified atom stereocenters. The molecule has 0 aromatic heterocycles. The minimum absolute atomic E-state index is 0.740. The van der Waals surface area contributed by atoms with E-state index in [1.54, 1.807) is 0 Å². The second-order valence-corrected chi connectivity index (χ2v) is 4.31. The van der Waals surface area contributed by atoms with Crippen molar-refractivity contribution in [3.63, 3.8) is 0 Å². The zero-order valence-corrected chi connectivity index (χ0v) is 7.13. The Hall–Kier alpha value is 0.500. The quantitative estimate of drug-likeness (QED) is 0.623. The van der Waals surface area contributed by atoms with E-state index >= 15 is 0 Å². The van der Waals surface area contributed by atoms with Crippen molar-refractivity contribution in [3.05, 3.63) is 0 Å². The third kappa shape index (κ3) is 1.49. The molecule has 0 saturated heterocycles. The molecule has 0 amide bonds. The van der Waals surface area contributed by atoms with Crippen molar-refractivity contribution in [1.29, 1.82) is 0 Å². The Morgan fingerprint density at radius 1 is 2.00 bits per heavy atom. The topological polar surface area (TPSA) is 12.4 Å². The molecule has 8 heavy (non-hydrogen) atoms. The highest BCUT2D eigenvalue weighted by molar-refractivity contribution is 9.22. The first kappa shape index (κ1) is 6.62. The van der Waals surface area contributed by atoms with E-state index in [1.807, 2.05) is 11.8 Å². The molecular weight excluding hydrogens is 186 g/mol. The lowest BCUT2D eigenvalue weighted by Gasteiger charge is -1.98. The van der Waals surface area contributed by atoms with E-state index in [4.69, 9.17) is 0 Å². The molecule has 46 valence electrons. The van der Waals surface area contributed by atoms with Crippen molar-refractivity contribution in [3.8, 4) is 0 Å². The van der Waals surface area contributed by atoms with Gasteiger partial charge in [-0.1, -0.05) is 18.7 Å². The van der Waals surface area contributed by atoms with Gasteiger partial charge in [-0.15, -0.1) is 0 Å². The van der Waals surface area contributed by atoms with Gasteiger partial charge in [0.25, 0.3) is 0 Å². The minimum atomic E-state index is 0.740. The lowest BCUT2D eigenvalue weighted by Crippen LogP contribution is -1.98. The van der Waals surface area contributed by atoms with Crippen molar-refractivity contribution in [2.75, 3.05) is 6.54 Å². The largest absolute Gasteiger partial charge is 0.270 e. The van der Waals surface area contributed by atoms with Gasteiger partial charge >= 0.3 is 0 Å². The lowest BCUT2D eigenvalue weighted by atomic mass is 10.3. The maximum atomic E-state index is 4.18. The van der Waals surface area contributed by atoms with Crippen molar-refractivity contribution in [1.82, 2.24) is 0 Å². The summed E-state index contributed by atoms with van der Waals surface area (Å²) in [5, 5.41) is 0.740. The first-order valence-electron chi connectivity index (χ1n) is 2.69. The normalized spacial score (nSPS) is 28.2. The van der Waals surface area contributed by atoms with E-state index in [2.05, 4.69) is 27.8 Å². The van der Waals surface area contributed by atoms with E-state index in [-0.39, 0.29) is 0 Å². The fourth-order valence-electron chi connectivity index (χ4n) is 0.598. The molecular formula is C5H8BrNS. The molecule has 0 aromatic rings. The highest BCUT2D eigenvalue weighted by Crippen LogP contribution is 2.26. The summed E-state index contributed by atoms with van der Waals surface area (Å²) in [5.41, 5.74) is 0. The van der Waals surface area contributed by atoms with Crippen LogP contribution < -0.4 is 0 Å². The van der Waals surface area contributed by atoms with Crippen LogP contribution in [0.5, 0.6) is 0 Å². The number of hydrogen-bond acceptors (Lipinski definition) is 2. The summed E-state index contributed by atoms with van der Waals surface area (Å²) in [7, 11) is 0. The van der Waals surface area contributed by atoms with Gasteiger partial charge in [0.1, 0.15) is 3.95 Å². The molecule has 0 N–H and O–H groups in total. The molecule has 0 aliphatic carbocycles. The Morgan fingerprint density at radius 2 is 2.75 bits per heavy atom. The molecule has 1 aliphatic heterocycles. The van der Waals surface area contributed by atoms with Gasteiger partial charge in [0.2, 0.25) is 0 Å². The lowest BCUT2D eigenvalue weighted by molar-refractivity contribution is 0.844. The van der Waals surface area contributed by atoms with E-state index in [1.165, 1.54) is 6.42 Å². The molecule has 0 fully saturated rings. The van der Waals surface area contributed by atoms with Gasteiger partial charge in [-0.05, 0) is 22.4 Å². The number of nitrogens with zero attached hydrogens (tertiary/aromatic N) is 1.